The lowest BCUT2D eigenvalue weighted by atomic mass is 9.92. The summed E-state index contributed by atoms with van der Waals surface area (Å²) in [5.74, 6) is 1.28. The van der Waals surface area contributed by atoms with Gasteiger partial charge in [0.15, 0.2) is 0 Å². The van der Waals surface area contributed by atoms with Gasteiger partial charge in [0.2, 0.25) is 5.88 Å². The van der Waals surface area contributed by atoms with Crippen LogP contribution in [0, 0.1) is 6.92 Å². The number of ether oxygens (including phenoxy) is 1. The van der Waals surface area contributed by atoms with E-state index >= 15 is 0 Å². The summed E-state index contributed by atoms with van der Waals surface area (Å²) >= 11 is 0. The second-order valence-electron chi connectivity index (χ2n) is 8.84. The molecule has 3 aromatic rings. The fourth-order valence-corrected chi connectivity index (χ4v) is 4.34. The quantitative estimate of drug-likeness (QED) is 0.512. The Balaban J connectivity index is 1.55. The van der Waals surface area contributed by atoms with E-state index in [-0.39, 0.29) is 12.1 Å². The number of rotatable bonds is 8. The zero-order valence-electron chi connectivity index (χ0n) is 20.6. The van der Waals surface area contributed by atoms with Crippen LogP contribution >= 0.6 is 0 Å². The second-order valence-corrected chi connectivity index (χ2v) is 8.84. The molecule has 1 aliphatic carbocycles. The highest BCUT2D eigenvalue weighted by Gasteiger charge is 2.28. The van der Waals surface area contributed by atoms with E-state index in [2.05, 4.69) is 43.9 Å². The summed E-state index contributed by atoms with van der Waals surface area (Å²) in [6.07, 6.45) is 11.4. The molecule has 4 rings (SSSR count). The third kappa shape index (κ3) is 4.95. The topological polar surface area (TPSA) is 98.3 Å². The van der Waals surface area contributed by atoms with E-state index in [1.54, 1.807) is 10.9 Å². The lowest BCUT2D eigenvalue weighted by molar-refractivity contribution is 0.123. The average Bonchev–Trinajstić information content (AvgIpc) is 3.41. The molecular formula is C24H33N9O. The van der Waals surface area contributed by atoms with E-state index in [0.717, 1.165) is 53.9 Å². The molecule has 3 aromatic heterocycles. The number of aryl methyl sites for hydroxylation is 1. The van der Waals surface area contributed by atoms with Gasteiger partial charge in [-0.05, 0) is 39.3 Å². The number of aromatic nitrogens is 6. The molecule has 0 aliphatic heterocycles. The highest BCUT2D eigenvalue weighted by atomic mass is 16.5. The van der Waals surface area contributed by atoms with Crippen LogP contribution in [-0.2, 0) is 7.05 Å². The van der Waals surface area contributed by atoms with Crippen LogP contribution in [0.25, 0.3) is 17.3 Å². The molecule has 0 radical (unpaired) electrons. The van der Waals surface area contributed by atoms with Gasteiger partial charge in [-0.15, -0.1) is 5.10 Å². The van der Waals surface area contributed by atoms with Crippen molar-refractivity contribution in [2.24, 2.45) is 12.0 Å². The zero-order valence-corrected chi connectivity index (χ0v) is 20.6. The minimum absolute atomic E-state index is 0.110. The molecule has 1 aliphatic rings. The monoisotopic (exact) mass is 463 g/mol. The maximum atomic E-state index is 6.17. The molecule has 10 heteroatoms. The van der Waals surface area contributed by atoms with Crippen LogP contribution in [0.4, 0.5) is 5.69 Å². The van der Waals surface area contributed by atoms with E-state index in [1.807, 2.05) is 57.6 Å². The van der Waals surface area contributed by atoms with Crippen molar-refractivity contribution in [2.75, 3.05) is 26.0 Å². The van der Waals surface area contributed by atoms with Crippen molar-refractivity contribution in [2.45, 2.75) is 44.8 Å². The Hall–Kier alpha value is -3.69. The van der Waals surface area contributed by atoms with Gasteiger partial charge in [-0.25, -0.2) is 4.99 Å². The Labute approximate surface area is 200 Å². The smallest absolute Gasteiger partial charge is 0.235 e. The van der Waals surface area contributed by atoms with Crippen LogP contribution in [-0.4, -0.2) is 63.7 Å². The standard InChI is InChI=1S/C24H33N9O/c1-16-21(12-22(25-2)26-3)33(30-24(16)17-13-28-32(6)15-17)18-7-9-20(10-8-18)34-23-11-19(31(4)5)14-27-29-23/h11-15,18,20,26H,2,7-10H2,1,3-6H3/b22-12+. The van der Waals surface area contributed by atoms with Crippen LogP contribution in [0.2, 0.25) is 0 Å². The molecule has 10 nitrogen and oxygen atoms in total. The number of aliphatic imine (C=N–C) groups is 1. The summed E-state index contributed by atoms with van der Waals surface area (Å²) in [7, 11) is 7.71. The minimum Gasteiger partial charge on any atom is -0.473 e. The van der Waals surface area contributed by atoms with Crippen LogP contribution in [0.1, 0.15) is 43.0 Å². The third-order valence-corrected chi connectivity index (χ3v) is 6.28. The van der Waals surface area contributed by atoms with Gasteiger partial charge in [0.05, 0.1) is 35.5 Å². The van der Waals surface area contributed by atoms with Crippen molar-refractivity contribution in [1.82, 2.24) is 35.1 Å². The number of hydrogen-bond acceptors (Lipinski definition) is 8. The predicted molar refractivity (Wildman–Crippen MR) is 134 cm³/mol. The molecule has 0 saturated heterocycles. The van der Waals surface area contributed by atoms with Gasteiger partial charge in [-0.3, -0.25) is 9.36 Å². The molecule has 1 saturated carbocycles. The molecule has 0 atom stereocenters. The first-order valence-corrected chi connectivity index (χ1v) is 11.5. The molecule has 1 fully saturated rings. The molecule has 0 unspecified atom stereocenters. The van der Waals surface area contributed by atoms with Crippen molar-refractivity contribution in [1.29, 1.82) is 0 Å². The van der Waals surface area contributed by atoms with Gasteiger partial charge in [0.1, 0.15) is 11.9 Å². The predicted octanol–water partition coefficient (Wildman–Crippen LogP) is 3.23. The van der Waals surface area contributed by atoms with Crippen molar-refractivity contribution >= 4 is 18.5 Å². The van der Waals surface area contributed by atoms with Crippen LogP contribution < -0.4 is 15.0 Å². The number of nitrogens with zero attached hydrogens (tertiary/aromatic N) is 8. The van der Waals surface area contributed by atoms with Gasteiger partial charge < -0.3 is 15.0 Å². The van der Waals surface area contributed by atoms with Crippen molar-refractivity contribution in [3.63, 3.8) is 0 Å². The van der Waals surface area contributed by atoms with Crippen LogP contribution in [0.5, 0.6) is 5.88 Å². The van der Waals surface area contributed by atoms with Gasteiger partial charge in [-0.1, -0.05) is 0 Å². The SMILES string of the molecule is C=N/C(=C\c1c(C)c(-c2cnn(C)c2)nn1C1CCC(Oc2cc(N(C)C)cnn2)CC1)NC. The van der Waals surface area contributed by atoms with E-state index < -0.39 is 0 Å². The molecule has 0 aromatic carbocycles. The molecule has 34 heavy (non-hydrogen) atoms. The molecule has 0 amide bonds. The van der Waals surface area contributed by atoms with E-state index in [4.69, 9.17) is 9.84 Å². The summed E-state index contributed by atoms with van der Waals surface area (Å²) < 4.78 is 10.1. The van der Waals surface area contributed by atoms with Gasteiger partial charge in [0.25, 0.3) is 0 Å². The van der Waals surface area contributed by atoms with Crippen LogP contribution in [0.15, 0.2) is 35.5 Å². The average molecular weight is 464 g/mol. The Bertz CT molecular complexity index is 1170. The molecule has 3 heterocycles. The molecule has 0 bridgehead atoms. The lowest BCUT2D eigenvalue weighted by Gasteiger charge is -2.29. The maximum absolute atomic E-state index is 6.17. The molecular weight excluding hydrogens is 430 g/mol. The van der Waals surface area contributed by atoms with Gasteiger partial charge >= 0.3 is 0 Å². The highest BCUT2D eigenvalue weighted by molar-refractivity contribution is 5.68. The summed E-state index contributed by atoms with van der Waals surface area (Å²) in [5.41, 5.74) is 5.04. The van der Waals surface area contributed by atoms with E-state index in [9.17, 15) is 0 Å². The maximum Gasteiger partial charge on any atom is 0.235 e. The second kappa shape index (κ2) is 10.1. The highest BCUT2D eigenvalue weighted by Crippen LogP contribution is 2.35. The minimum atomic E-state index is 0.110. The summed E-state index contributed by atoms with van der Waals surface area (Å²) in [6.45, 7) is 5.78. The first-order chi connectivity index (χ1) is 16.4. The van der Waals surface area contributed by atoms with Crippen molar-refractivity contribution in [3.05, 3.63) is 41.7 Å². The van der Waals surface area contributed by atoms with E-state index in [0.29, 0.717) is 11.7 Å². The Kier molecular flexibility index (Phi) is 6.95. The molecule has 180 valence electrons. The largest absolute Gasteiger partial charge is 0.473 e. The van der Waals surface area contributed by atoms with E-state index in [1.165, 1.54) is 0 Å². The molecule has 1 N–H and O–H groups in total. The van der Waals surface area contributed by atoms with Gasteiger partial charge in [0, 0.05) is 57.7 Å². The first kappa shape index (κ1) is 23.5. The summed E-state index contributed by atoms with van der Waals surface area (Å²) in [4.78, 5) is 6.09. The summed E-state index contributed by atoms with van der Waals surface area (Å²) in [5, 5.41) is 20.7. The van der Waals surface area contributed by atoms with Gasteiger partial charge in [-0.2, -0.15) is 15.3 Å². The van der Waals surface area contributed by atoms with Crippen molar-refractivity contribution in [3.8, 4) is 17.1 Å². The Morgan fingerprint density at radius 2 is 2.03 bits per heavy atom. The fraction of sp³-hybridized carbons (Fsp3) is 0.458. The number of nitrogens with one attached hydrogen (secondary N) is 1. The number of hydrogen-bond donors (Lipinski definition) is 1. The first-order valence-electron chi connectivity index (χ1n) is 11.5. The van der Waals surface area contributed by atoms with Crippen LogP contribution in [0.3, 0.4) is 0 Å². The molecule has 0 spiro atoms. The van der Waals surface area contributed by atoms with Crippen molar-refractivity contribution < 1.29 is 4.74 Å². The Morgan fingerprint density at radius 3 is 2.65 bits per heavy atom. The normalized spacial score (nSPS) is 18.6. The lowest BCUT2D eigenvalue weighted by Crippen LogP contribution is -2.27. The Morgan fingerprint density at radius 1 is 1.26 bits per heavy atom. The number of anilines is 1. The third-order valence-electron chi connectivity index (χ3n) is 6.28. The zero-order chi connectivity index (χ0) is 24.2. The fourth-order valence-electron chi connectivity index (χ4n) is 4.34. The summed E-state index contributed by atoms with van der Waals surface area (Å²) in [6, 6.07) is 2.19.